The van der Waals surface area contributed by atoms with Gasteiger partial charge in [0.1, 0.15) is 0 Å². The molecule has 0 radical (unpaired) electrons. The fourth-order valence-electron chi connectivity index (χ4n) is 0.343. The van der Waals surface area contributed by atoms with E-state index in [-0.39, 0.29) is 0 Å². The number of rotatable bonds is 3. The highest BCUT2D eigenvalue weighted by molar-refractivity contribution is 7.96. The maximum Gasteiger partial charge on any atom is 0.0176 e. The molecule has 0 aromatic carbocycles. The molecule has 0 atom stereocenters. The maximum atomic E-state index is 2.04. The molecule has 0 N–H and O–H groups in total. The normalized spacial score (nSPS) is 11.4. The lowest BCUT2D eigenvalue weighted by molar-refractivity contribution is 0.778. The smallest absolute Gasteiger partial charge is 0.0176 e. The van der Waals surface area contributed by atoms with Crippen molar-refractivity contribution in [2.24, 2.45) is 0 Å². The Morgan fingerprint density at radius 1 is 1.33 bits per heavy atom. The van der Waals surface area contributed by atoms with Crippen molar-refractivity contribution in [2.75, 3.05) is 13.3 Å². The van der Waals surface area contributed by atoms with Gasteiger partial charge in [-0.15, -0.1) is 0 Å². The fourth-order valence-corrected chi connectivity index (χ4v) is 0.535. The number of hydrogen-bond acceptors (Lipinski definition) is 2. The van der Waals surface area contributed by atoms with E-state index in [0.717, 1.165) is 0 Å². The second-order valence-electron chi connectivity index (χ2n) is 1.60. The predicted octanol–water partition coefficient (Wildman–Crippen LogP) is 2.29. The maximum absolute atomic E-state index is 2.04. The molecule has 0 fully saturated rings. The van der Waals surface area contributed by atoms with Gasteiger partial charge in [0, 0.05) is 19.5 Å². The molecule has 0 bridgehead atoms. The number of hydrogen-bond donors (Lipinski definition) is 0. The molecule has 0 aromatic rings. The Labute approximate surface area is 61.6 Å². The molecule has 0 heterocycles. The molecule has 0 aliphatic carbocycles. The number of allylic oxidation sites excluding steroid dienone is 3. The molecule has 0 rings (SSSR count). The van der Waals surface area contributed by atoms with Gasteiger partial charge in [0.15, 0.2) is 0 Å². The predicted molar refractivity (Wildman–Crippen MR) is 45.2 cm³/mol. The molecule has 52 valence electrons. The van der Waals surface area contributed by atoms with E-state index in [1.807, 2.05) is 49.0 Å². The summed E-state index contributed by atoms with van der Waals surface area (Å²) in [5, 5.41) is 0. The summed E-state index contributed by atoms with van der Waals surface area (Å²) in [6, 6.07) is 0. The van der Waals surface area contributed by atoms with Gasteiger partial charge in [0.05, 0.1) is 0 Å². The average molecular weight is 143 g/mol. The Kier molecular flexibility index (Phi) is 5.52. The van der Waals surface area contributed by atoms with Crippen LogP contribution in [0.1, 0.15) is 6.92 Å². The largest absolute Gasteiger partial charge is 0.327 e. The summed E-state index contributed by atoms with van der Waals surface area (Å²) in [6.07, 6.45) is 10.1. The standard InChI is InChI=1S/C7H13NS/c1-4-5-6-7-8(2)9-3/h4-7H,1-3H3/b5-4+,7-6+. The minimum Gasteiger partial charge on any atom is -0.327 e. The van der Waals surface area contributed by atoms with Crippen molar-refractivity contribution in [1.29, 1.82) is 0 Å². The Bertz CT molecular complexity index is 107. The molecule has 1 nitrogen and oxygen atoms in total. The molecular formula is C7H13NS. The lowest BCUT2D eigenvalue weighted by atomic mass is 10.5. The van der Waals surface area contributed by atoms with E-state index < -0.39 is 0 Å². The molecule has 0 unspecified atom stereocenters. The van der Waals surface area contributed by atoms with Crippen LogP contribution in [-0.4, -0.2) is 17.6 Å². The van der Waals surface area contributed by atoms with Crippen LogP contribution in [0.3, 0.4) is 0 Å². The van der Waals surface area contributed by atoms with Gasteiger partial charge in [-0.3, -0.25) is 0 Å². The van der Waals surface area contributed by atoms with Gasteiger partial charge >= 0.3 is 0 Å². The van der Waals surface area contributed by atoms with Crippen LogP contribution < -0.4 is 0 Å². The average Bonchev–Trinajstić information content (AvgIpc) is 1.89. The first-order valence-corrected chi connectivity index (χ1v) is 4.06. The lowest BCUT2D eigenvalue weighted by Gasteiger charge is -2.05. The molecule has 9 heavy (non-hydrogen) atoms. The summed E-state index contributed by atoms with van der Waals surface area (Å²) in [4.78, 5) is 0. The van der Waals surface area contributed by atoms with Gasteiger partial charge in [0.2, 0.25) is 0 Å². The Hall–Kier alpha value is -0.370. The van der Waals surface area contributed by atoms with Crippen LogP contribution >= 0.6 is 11.9 Å². The van der Waals surface area contributed by atoms with Crippen molar-refractivity contribution in [3.63, 3.8) is 0 Å². The van der Waals surface area contributed by atoms with Crippen molar-refractivity contribution >= 4 is 11.9 Å². The lowest BCUT2D eigenvalue weighted by Crippen LogP contribution is -1.95. The summed E-state index contributed by atoms with van der Waals surface area (Å²) >= 11 is 1.69. The van der Waals surface area contributed by atoms with Gasteiger partial charge in [-0.25, -0.2) is 0 Å². The highest BCUT2D eigenvalue weighted by Crippen LogP contribution is 1.99. The van der Waals surface area contributed by atoms with Crippen molar-refractivity contribution in [1.82, 2.24) is 4.31 Å². The first-order valence-electron chi connectivity index (χ1n) is 2.87. The van der Waals surface area contributed by atoms with E-state index in [1.165, 1.54) is 0 Å². The molecule has 0 aromatic heterocycles. The van der Waals surface area contributed by atoms with E-state index >= 15 is 0 Å². The molecule has 2 heteroatoms. The number of nitrogens with zero attached hydrogens (tertiary/aromatic N) is 1. The highest BCUT2D eigenvalue weighted by atomic mass is 32.2. The van der Waals surface area contributed by atoms with Crippen LogP contribution in [-0.2, 0) is 0 Å². The van der Waals surface area contributed by atoms with E-state index in [4.69, 9.17) is 0 Å². The second-order valence-corrected chi connectivity index (χ2v) is 2.54. The Morgan fingerprint density at radius 2 is 2.00 bits per heavy atom. The minimum atomic E-state index is 1.69. The van der Waals surface area contributed by atoms with Crippen molar-refractivity contribution in [3.8, 4) is 0 Å². The third kappa shape index (κ3) is 5.50. The van der Waals surface area contributed by atoms with Crippen LogP contribution in [0.2, 0.25) is 0 Å². The zero-order valence-electron chi connectivity index (χ0n) is 6.16. The fraction of sp³-hybridized carbons (Fsp3) is 0.429. The molecule has 0 amide bonds. The van der Waals surface area contributed by atoms with Gasteiger partial charge in [0.25, 0.3) is 0 Å². The monoisotopic (exact) mass is 143 g/mol. The van der Waals surface area contributed by atoms with Gasteiger partial charge < -0.3 is 4.31 Å². The molecule has 0 aliphatic rings. The third-order valence-corrected chi connectivity index (χ3v) is 1.59. The zero-order valence-corrected chi connectivity index (χ0v) is 6.98. The topological polar surface area (TPSA) is 3.24 Å². The summed E-state index contributed by atoms with van der Waals surface area (Å²) in [5.74, 6) is 0. The van der Waals surface area contributed by atoms with E-state index in [2.05, 4.69) is 0 Å². The van der Waals surface area contributed by atoms with E-state index in [0.29, 0.717) is 0 Å². The van der Waals surface area contributed by atoms with Crippen LogP contribution in [0.4, 0.5) is 0 Å². The SMILES string of the molecule is C/C=C/C=C/N(C)SC. The van der Waals surface area contributed by atoms with Crippen LogP contribution in [0.15, 0.2) is 24.4 Å². The van der Waals surface area contributed by atoms with Gasteiger partial charge in [-0.2, -0.15) is 0 Å². The van der Waals surface area contributed by atoms with Crippen molar-refractivity contribution in [3.05, 3.63) is 24.4 Å². The molecule has 0 saturated carbocycles. The molecule has 0 aliphatic heterocycles. The van der Waals surface area contributed by atoms with Gasteiger partial charge in [-0.1, -0.05) is 24.1 Å². The van der Waals surface area contributed by atoms with Crippen LogP contribution in [0.5, 0.6) is 0 Å². The summed E-state index contributed by atoms with van der Waals surface area (Å²) in [6.45, 7) is 2.00. The summed E-state index contributed by atoms with van der Waals surface area (Å²) < 4.78 is 2.04. The first-order chi connectivity index (χ1) is 4.31. The quantitative estimate of drug-likeness (QED) is 0.440. The molecule has 0 spiro atoms. The summed E-state index contributed by atoms with van der Waals surface area (Å²) in [7, 11) is 2.02. The minimum absolute atomic E-state index is 1.69. The van der Waals surface area contributed by atoms with Crippen LogP contribution in [0, 0.1) is 0 Å². The van der Waals surface area contributed by atoms with Crippen LogP contribution in [0.25, 0.3) is 0 Å². The second kappa shape index (κ2) is 5.76. The van der Waals surface area contributed by atoms with E-state index in [1.54, 1.807) is 11.9 Å². The molecular weight excluding hydrogens is 130 g/mol. The van der Waals surface area contributed by atoms with E-state index in [9.17, 15) is 0 Å². The third-order valence-electron chi connectivity index (χ3n) is 0.888. The Morgan fingerprint density at radius 3 is 2.44 bits per heavy atom. The zero-order chi connectivity index (χ0) is 7.11. The van der Waals surface area contributed by atoms with Gasteiger partial charge in [-0.05, 0) is 13.0 Å². The van der Waals surface area contributed by atoms with Crippen molar-refractivity contribution < 1.29 is 0 Å². The first kappa shape index (κ1) is 8.63. The van der Waals surface area contributed by atoms with Crippen molar-refractivity contribution in [2.45, 2.75) is 6.92 Å². The summed E-state index contributed by atoms with van der Waals surface area (Å²) in [5.41, 5.74) is 0. The Balaban J connectivity index is 3.43. The molecule has 0 saturated heterocycles. The highest BCUT2D eigenvalue weighted by Gasteiger charge is 1.78.